The predicted molar refractivity (Wildman–Crippen MR) is 117 cm³/mol. The van der Waals surface area contributed by atoms with Gasteiger partial charge in [0.05, 0.1) is 23.2 Å². The van der Waals surface area contributed by atoms with Gasteiger partial charge in [-0.2, -0.15) is 23.5 Å². The summed E-state index contributed by atoms with van der Waals surface area (Å²) in [6.45, 7) is 3.18. The first-order valence-corrected chi connectivity index (χ1v) is 10.6. The molecule has 0 spiro atoms. The molecule has 5 rings (SSSR count). The summed E-state index contributed by atoms with van der Waals surface area (Å²) < 4.78 is 56.2. The number of nitriles is 1. The zero-order chi connectivity index (χ0) is 24.4. The number of amides is 1. The van der Waals surface area contributed by atoms with Crippen molar-refractivity contribution < 1.29 is 22.4 Å². The van der Waals surface area contributed by atoms with Crippen molar-refractivity contribution in [1.29, 1.82) is 5.26 Å². The average Bonchev–Trinajstić information content (AvgIpc) is 3.30. The number of halogens is 4. The van der Waals surface area contributed by atoms with Crippen LogP contribution >= 0.6 is 0 Å². The number of aryl methyl sites for hydroxylation is 1. The zero-order valence-corrected chi connectivity index (χ0v) is 18.2. The van der Waals surface area contributed by atoms with Crippen LogP contribution in [0.4, 0.5) is 28.9 Å². The molecule has 1 aliphatic carbocycles. The van der Waals surface area contributed by atoms with Crippen LogP contribution in [-0.4, -0.2) is 34.4 Å². The summed E-state index contributed by atoms with van der Waals surface area (Å²) in [6, 6.07) is 11.7. The predicted octanol–water partition coefficient (Wildman–Crippen LogP) is 4.69. The van der Waals surface area contributed by atoms with Crippen LogP contribution in [0.1, 0.15) is 24.5 Å². The minimum absolute atomic E-state index is 0.00519. The fourth-order valence-electron chi connectivity index (χ4n) is 4.64. The molecule has 0 radical (unpaired) electrons. The SMILES string of the molecule is Cc1ccc(NC(=O)[C@@]2(N3C=C4CC43)[C@@H](C)C(C(F)(F)F)=NN2c2ccc(F)c(C#N)c2)cc1. The van der Waals surface area contributed by atoms with Crippen LogP contribution in [0, 0.1) is 30.0 Å². The molecule has 2 aliphatic heterocycles. The van der Waals surface area contributed by atoms with Gasteiger partial charge in [-0.15, -0.1) is 0 Å². The molecular formula is C24H19F4N5O. The van der Waals surface area contributed by atoms with E-state index in [9.17, 15) is 27.6 Å². The van der Waals surface area contributed by atoms with Gasteiger partial charge in [-0.25, -0.2) is 9.40 Å². The summed E-state index contributed by atoms with van der Waals surface area (Å²) >= 11 is 0. The van der Waals surface area contributed by atoms with Crippen molar-refractivity contribution in [1.82, 2.24) is 4.90 Å². The molecule has 174 valence electrons. The number of nitrogens with one attached hydrogen (secondary N) is 1. The van der Waals surface area contributed by atoms with Crippen molar-refractivity contribution in [2.24, 2.45) is 11.0 Å². The van der Waals surface area contributed by atoms with Crippen LogP contribution in [-0.2, 0) is 4.79 Å². The lowest BCUT2D eigenvalue weighted by Crippen LogP contribution is -2.68. The Balaban J connectivity index is 1.67. The van der Waals surface area contributed by atoms with E-state index in [1.807, 2.05) is 6.92 Å². The van der Waals surface area contributed by atoms with Crippen LogP contribution < -0.4 is 10.3 Å². The Hall–Kier alpha value is -3.87. The zero-order valence-electron chi connectivity index (χ0n) is 18.2. The molecule has 0 aromatic heterocycles. The van der Waals surface area contributed by atoms with Crippen molar-refractivity contribution in [3.05, 3.63) is 71.2 Å². The molecule has 2 heterocycles. The van der Waals surface area contributed by atoms with Gasteiger partial charge in [-0.3, -0.25) is 4.79 Å². The van der Waals surface area contributed by atoms with Gasteiger partial charge in [0.15, 0.2) is 0 Å². The summed E-state index contributed by atoms with van der Waals surface area (Å²) in [7, 11) is 0. The van der Waals surface area contributed by atoms with E-state index in [1.165, 1.54) is 13.0 Å². The maximum Gasteiger partial charge on any atom is 0.431 e. The number of carbonyl (C=O) groups is 1. The van der Waals surface area contributed by atoms with E-state index in [-0.39, 0.29) is 17.3 Å². The molecule has 2 aromatic rings. The standard InChI is InChI=1S/C24H19F4N5O/c1-13-3-5-17(6-4-13)30-22(34)23(32-12-16-10-20(16)32)14(2)21(24(26,27)28)31-33(23)18-7-8-19(25)15(9-18)11-29/h3-9,12,14,20H,10H2,1-2H3,(H,30,34)/t14-,20?,23+/m0/s1. The maximum atomic E-state index is 14.0. The third-order valence-corrected chi connectivity index (χ3v) is 6.52. The fraction of sp³-hybridized carbons (Fsp3) is 0.292. The normalized spacial score (nSPS) is 25.1. The smallest absolute Gasteiger partial charge is 0.338 e. The van der Waals surface area contributed by atoms with E-state index in [0.29, 0.717) is 12.1 Å². The molecule has 6 nitrogen and oxygen atoms in total. The second kappa shape index (κ2) is 7.32. The van der Waals surface area contributed by atoms with Gasteiger partial charge in [0.1, 0.15) is 17.6 Å². The summed E-state index contributed by atoms with van der Waals surface area (Å²) in [5.74, 6) is -2.93. The molecule has 1 unspecified atom stereocenters. The van der Waals surface area contributed by atoms with Gasteiger partial charge in [0, 0.05) is 11.9 Å². The second-order valence-corrected chi connectivity index (χ2v) is 8.67. The highest BCUT2D eigenvalue weighted by molar-refractivity contribution is 6.09. The number of carbonyl (C=O) groups excluding carboxylic acids is 1. The Kier molecular flexibility index (Phi) is 4.72. The molecule has 0 bridgehead atoms. The quantitative estimate of drug-likeness (QED) is 0.660. The van der Waals surface area contributed by atoms with Crippen LogP contribution in [0.3, 0.4) is 0 Å². The summed E-state index contributed by atoms with van der Waals surface area (Å²) in [5.41, 5.74) is -0.991. The molecule has 34 heavy (non-hydrogen) atoms. The Bertz CT molecular complexity index is 1290. The second-order valence-electron chi connectivity index (χ2n) is 8.67. The highest BCUT2D eigenvalue weighted by Crippen LogP contribution is 2.55. The van der Waals surface area contributed by atoms with Gasteiger partial charge >= 0.3 is 6.18 Å². The Morgan fingerprint density at radius 1 is 1.24 bits per heavy atom. The monoisotopic (exact) mass is 469 g/mol. The van der Waals surface area contributed by atoms with Crippen molar-refractivity contribution in [2.45, 2.75) is 38.1 Å². The first-order chi connectivity index (χ1) is 16.1. The number of hydrazone groups is 1. The molecule has 1 saturated carbocycles. The van der Waals surface area contributed by atoms with E-state index < -0.39 is 35.2 Å². The van der Waals surface area contributed by atoms with E-state index in [2.05, 4.69) is 10.4 Å². The molecular weight excluding hydrogens is 450 g/mol. The number of benzene rings is 2. The number of nitrogens with zero attached hydrogens (tertiary/aromatic N) is 4. The van der Waals surface area contributed by atoms with Crippen LogP contribution in [0.2, 0.25) is 0 Å². The number of hydrogen-bond acceptors (Lipinski definition) is 5. The molecule has 3 atom stereocenters. The third-order valence-electron chi connectivity index (χ3n) is 6.52. The number of anilines is 2. The fourth-order valence-corrected chi connectivity index (χ4v) is 4.64. The van der Waals surface area contributed by atoms with Gasteiger partial charge in [-0.1, -0.05) is 24.6 Å². The topological polar surface area (TPSA) is 71.7 Å². The van der Waals surface area contributed by atoms with Crippen molar-refractivity contribution in [3.63, 3.8) is 0 Å². The third kappa shape index (κ3) is 3.15. The molecule has 10 heteroatoms. The largest absolute Gasteiger partial charge is 0.431 e. The van der Waals surface area contributed by atoms with Gasteiger partial charge < -0.3 is 10.2 Å². The van der Waals surface area contributed by atoms with Crippen molar-refractivity contribution >= 4 is 23.0 Å². The van der Waals surface area contributed by atoms with Crippen LogP contribution in [0.15, 0.2) is 59.3 Å². The van der Waals surface area contributed by atoms with E-state index >= 15 is 0 Å². The highest BCUT2D eigenvalue weighted by Gasteiger charge is 2.68. The highest BCUT2D eigenvalue weighted by atomic mass is 19.4. The van der Waals surface area contributed by atoms with E-state index in [1.54, 1.807) is 41.4 Å². The molecule has 2 aromatic carbocycles. The summed E-state index contributed by atoms with van der Waals surface area (Å²) in [5, 5.41) is 16.9. The first kappa shape index (κ1) is 21.9. The Morgan fingerprint density at radius 3 is 2.50 bits per heavy atom. The first-order valence-electron chi connectivity index (χ1n) is 10.6. The maximum absolute atomic E-state index is 14.0. The number of rotatable bonds is 4. The van der Waals surface area contributed by atoms with Crippen LogP contribution in [0.5, 0.6) is 0 Å². The summed E-state index contributed by atoms with van der Waals surface area (Å²) in [4.78, 5) is 15.5. The van der Waals surface area contributed by atoms with Crippen molar-refractivity contribution in [2.75, 3.05) is 10.3 Å². The molecule has 3 aliphatic rings. The van der Waals surface area contributed by atoms with Gasteiger partial charge in [-0.05, 0) is 49.2 Å². The minimum atomic E-state index is -4.80. The Labute approximate surface area is 192 Å². The van der Waals surface area contributed by atoms with Crippen molar-refractivity contribution in [3.8, 4) is 6.07 Å². The minimum Gasteiger partial charge on any atom is -0.338 e. The van der Waals surface area contributed by atoms with E-state index in [4.69, 9.17) is 0 Å². The lowest BCUT2D eigenvalue weighted by atomic mass is 9.86. The molecule has 1 N–H and O–H groups in total. The lowest BCUT2D eigenvalue weighted by Gasteiger charge is -2.49. The van der Waals surface area contributed by atoms with E-state index in [0.717, 1.165) is 28.3 Å². The number of alkyl halides is 3. The molecule has 1 fully saturated rings. The summed E-state index contributed by atoms with van der Waals surface area (Å²) in [6.07, 6.45) is -2.48. The number of hydrogen-bond donors (Lipinski definition) is 1. The van der Waals surface area contributed by atoms with Gasteiger partial charge in [0.2, 0.25) is 5.66 Å². The van der Waals surface area contributed by atoms with Gasteiger partial charge in [0.25, 0.3) is 5.91 Å². The molecule has 0 saturated heterocycles. The lowest BCUT2D eigenvalue weighted by molar-refractivity contribution is -0.129. The molecule has 1 amide bonds. The Morgan fingerprint density at radius 2 is 1.94 bits per heavy atom. The average molecular weight is 469 g/mol. The van der Waals surface area contributed by atoms with Crippen LogP contribution in [0.25, 0.3) is 0 Å². The number of fused-ring (bicyclic) bond motifs is 1.